The first-order chi connectivity index (χ1) is 12.8. The zero-order chi connectivity index (χ0) is 19.6. The lowest BCUT2D eigenvalue weighted by atomic mass is 10.1. The van der Waals surface area contributed by atoms with E-state index >= 15 is 0 Å². The predicted molar refractivity (Wildman–Crippen MR) is 92.4 cm³/mol. The number of rotatable bonds is 5. The van der Waals surface area contributed by atoms with Crippen molar-refractivity contribution >= 4 is 23.0 Å². The van der Waals surface area contributed by atoms with Crippen LogP contribution in [0.1, 0.15) is 25.1 Å². The number of amides is 1. The lowest BCUT2D eigenvalue weighted by Crippen LogP contribution is -2.25. The van der Waals surface area contributed by atoms with Gasteiger partial charge in [-0.25, -0.2) is 0 Å². The van der Waals surface area contributed by atoms with Gasteiger partial charge in [0.2, 0.25) is 0 Å². The zero-order valence-electron chi connectivity index (χ0n) is 14.0. The van der Waals surface area contributed by atoms with Crippen molar-refractivity contribution in [3.63, 3.8) is 0 Å². The number of hydrogen-bond acceptors (Lipinski definition) is 5. The molecule has 0 radical (unpaired) electrons. The highest BCUT2D eigenvalue weighted by Gasteiger charge is 2.40. The third kappa shape index (κ3) is 4.25. The number of alkyl halides is 3. The van der Waals surface area contributed by atoms with Crippen LogP contribution in [0.3, 0.4) is 0 Å². The fourth-order valence-electron chi connectivity index (χ4n) is 2.34. The summed E-state index contributed by atoms with van der Waals surface area (Å²) in [6.07, 6.45) is -4.97. The smallest absolute Gasteiger partial charge is 0.359 e. The summed E-state index contributed by atoms with van der Waals surface area (Å²) in [5.74, 6) is -2.05. The maximum absolute atomic E-state index is 12.5. The Balaban J connectivity index is 1.69. The monoisotopic (exact) mass is 394 g/mol. The SMILES string of the molecule is CN(Cc1cc(-c2ccccc2)no1)C(=O)c1ccc(C(=O)C(F)(F)F)s1. The van der Waals surface area contributed by atoms with Crippen molar-refractivity contribution in [1.29, 1.82) is 0 Å². The zero-order valence-corrected chi connectivity index (χ0v) is 14.8. The van der Waals surface area contributed by atoms with Gasteiger partial charge in [-0.05, 0) is 12.1 Å². The van der Waals surface area contributed by atoms with E-state index < -0.39 is 22.7 Å². The first-order valence-corrected chi connectivity index (χ1v) is 8.55. The Hall–Kier alpha value is -2.94. The molecule has 3 aromatic rings. The molecule has 1 amide bonds. The van der Waals surface area contributed by atoms with Crippen LogP contribution >= 0.6 is 11.3 Å². The fourth-order valence-corrected chi connectivity index (χ4v) is 3.30. The average molecular weight is 394 g/mol. The summed E-state index contributed by atoms with van der Waals surface area (Å²) in [5.41, 5.74) is 1.47. The van der Waals surface area contributed by atoms with E-state index in [2.05, 4.69) is 5.16 Å². The van der Waals surface area contributed by atoms with Gasteiger partial charge in [0.1, 0.15) is 5.69 Å². The van der Waals surface area contributed by atoms with Crippen molar-refractivity contribution in [2.24, 2.45) is 0 Å². The van der Waals surface area contributed by atoms with Crippen LogP contribution in [0.2, 0.25) is 0 Å². The molecule has 5 nitrogen and oxygen atoms in total. The molecule has 9 heteroatoms. The van der Waals surface area contributed by atoms with E-state index in [0.29, 0.717) is 22.8 Å². The topological polar surface area (TPSA) is 63.4 Å². The minimum atomic E-state index is -4.97. The molecule has 0 aliphatic rings. The molecule has 0 saturated carbocycles. The number of hydrogen-bond donors (Lipinski definition) is 0. The summed E-state index contributed by atoms with van der Waals surface area (Å²) >= 11 is 0.510. The Kier molecular flexibility index (Phi) is 5.13. The van der Waals surface area contributed by atoms with Crippen molar-refractivity contribution in [2.75, 3.05) is 7.05 Å². The normalized spacial score (nSPS) is 11.4. The maximum Gasteiger partial charge on any atom is 0.455 e. The van der Waals surface area contributed by atoms with Gasteiger partial charge in [0.15, 0.2) is 5.76 Å². The Morgan fingerprint density at radius 1 is 1.11 bits per heavy atom. The molecular formula is C18H13F3N2O3S. The molecule has 1 aromatic carbocycles. The minimum absolute atomic E-state index is 0.0351. The number of carbonyl (C=O) groups excluding carboxylic acids is 2. The highest BCUT2D eigenvalue weighted by molar-refractivity contribution is 7.16. The van der Waals surface area contributed by atoms with Gasteiger partial charge in [-0.15, -0.1) is 11.3 Å². The molecule has 27 heavy (non-hydrogen) atoms. The molecule has 0 bridgehead atoms. The lowest BCUT2D eigenvalue weighted by Gasteiger charge is -2.13. The van der Waals surface area contributed by atoms with E-state index in [1.54, 1.807) is 6.07 Å². The second-order valence-electron chi connectivity index (χ2n) is 5.70. The average Bonchev–Trinajstić information content (AvgIpc) is 3.30. The summed E-state index contributed by atoms with van der Waals surface area (Å²) in [5, 5.41) is 3.95. The van der Waals surface area contributed by atoms with Crippen LogP contribution in [0.15, 0.2) is 53.1 Å². The van der Waals surface area contributed by atoms with Crippen LogP contribution in [0.25, 0.3) is 11.3 Å². The van der Waals surface area contributed by atoms with Crippen LogP contribution in [-0.4, -0.2) is 35.0 Å². The van der Waals surface area contributed by atoms with Gasteiger partial charge >= 0.3 is 6.18 Å². The third-order valence-corrected chi connectivity index (χ3v) is 4.74. The predicted octanol–water partition coefficient (Wildman–Crippen LogP) is 4.42. The Morgan fingerprint density at radius 3 is 2.44 bits per heavy atom. The first kappa shape index (κ1) is 18.8. The number of Topliss-reactive ketones (excluding diaryl/α,β-unsaturated/α-hetero) is 1. The molecule has 0 unspecified atom stereocenters. The molecule has 0 spiro atoms. The maximum atomic E-state index is 12.5. The van der Waals surface area contributed by atoms with E-state index in [4.69, 9.17) is 4.52 Å². The number of benzene rings is 1. The van der Waals surface area contributed by atoms with Gasteiger partial charge in [-0.1, -0.05) is 35.5 Å². The van der Waals surface area contributed by atoms with Gasteiger partial charge in [-0.3, -0.25) is 9.59 Å². The van der Waals surface area contributed by atoms with Gasteiger partial charge in [0, 0.05) is 18.7 Å². The Bertz CT molecular complexity index is 964. The van der Waals surface area contributed by atoms with Crippen molar-refractivity contribution in [3.05, 3.63) is 64.0 Å². The number of halogens is 3. The van der Waals surface area contributed by atoms with Crippen molar-refractivity contribution in [1.82, 2.24) is 10.1 Å². The summed E-state index contributed by atoms with van der Waals surface area (Å²) < 4.78 is 42.6. The van der Waals surface area contributed by atoms with E-state index in [-0.39, 0.29) is 11.4 Å². The molecule has 0 saturated heterocycles. The molecule has 2 aromatic heterocycles. The summed E-state index contributed by atoms with van der Waals surface area (Å²) in [6.45, 7) is 0.0825. The van der Waals surface area contributed by atoms with E-state index in [1.165, 1.54) is 18.0 Å². The molecule has 3 rings (SSSR count). The van der Waals surface area contributed by atoms with E-state index in [9.17, 15) is 22.8 Å². The Morgan fingerprint density at radius 2 is 1.78 bits per heavy atom. The molecule has 0 N–H and O–H groups in total. The number of nitrogens with zero attached hydrogens (tertiary/aromatic N) is 2. The highest BCUT2D eigenvalue weighted by Crippen LogP contribution is 2.27. The lowest BCUT2D eigenvalue weighted by molar-refractivity contribution is -0.0882. The molecule has 0 aliphatic heterocycles. The molecule has 2 heterocycles. The van der Waals surface area contributed by atoms with Gasteiger partial charge < -0.3 is 9.42 Å². The van der Waals surface area contributed by atoms with Crippen LogP contribution in [0, 0.1) is 0 Å². The largest absolute Gasteiger partial charge is 0.455 e. The van der Waals surface area contributed by atoms with Crippen molar-refractivity contribution in [2.45, 2.75) is 12.7 Å². The quantitative estimate of drug-likeness (QED) is 0.601. The number of thiophene rings is 1. The van der Waals surface area contributed by atoms with Crippen LogP contribution in [-0.2, 0) is 6.54 Å². The molecule has 0 atom stereocenters. The number of aromatic nitrogens is 1. The third-order valence-electron chi connectivity index (χ3n) is 3.67. The molecular weight excluding hydrogens is 381 g/mol. The van der Waals surface area contributed by atoms with Gasteiger partial charge in [0.25, 0.3) is 11.7 Å². The summed E-state index contributed by atoms with van der Waals surface area (Å²) in [7, 11) is 1.48. The van der Waals surface area contributed by atoms with Crippen molar-refractivity contribution < 1.29 is 27.3 Å². The van der Waals surface area contributed by atoms with Crippen LogP contribution < -0.4 is 0 Å². The second-order valence-corrected chi connectivity index (χ2v) is 6.78. The molecule has 0 fully saturated rings. The van der Waals surface area contributed by atoms with Gasteiger partial charge in [-0.2, -0.15) is 13.2 Å². The second kappa shape index (κ2) is 7.36. The number of carbonyl (C=O) groups is 2. The van der Waals surface area contributed by atoms with E-state index in [0.717, 1.165) is 11.6 Å². The highest BCUT2D eigenvalue weighted by atomic mass is 32.1. The van der Waals surface area contributed by atoms with Crippen LogP contribution in [0.5, 0.6) is 0 Å². The molecule has 0 aliphatic carbocycles. The minimum Gasteiger partial charge on any atom is -0.359 e. The summed E-state index contributed by atoms with van der Waals surface area (Å²) in [6, 6.07) is 13.2. The van der Waals surface area contributed by atoms with Crippen molar-refractivity contribution in [3.8, 4) is 11.3 Å². The fraction of sp³-hybridized carbons (Fsp3) is 0.167. The number of ketones is 1. The summed E-state index contributed by atoms with van der Waals surface area (Å²) in [4.78, 5) is 24.4. The van der Waals surface area contributed by atoms with E-state index in [1.807, 2.05) is 30.3 Å². The standard InChI is InChI=1S/C18H13F3N2O3S/c1-23(10-12-9-13(22-26-12)11-5-3-2-4-6-11)17(25)15-8-7-14(27-15)16(24)18(19,20)21/h2-9H,10H2,1H3. The first-order valence-electron chi connectivity index (χ1n) is 7.73. The molecule has 140 valence electrons. The van der Waals surface area contributed by atoms with Gasteiger partial charge in [0.05, 0.1) is 16.3 Å². The van der Waals surface area contributed by atoms with Crippen LogP contribution in [0.4, 0.5) is 13.2 Å². The Labute approximate surface area is 156 Å².